The summed E-state index contributed by atoms with van der Waals surface area (Å²) in [5.74, 6) is -1.91. The summed E-state index contributed by atoms with van der Waals surface area (Å²) < 4.78 is 74.5. The van der Waals surface area contributed by atoms with Crippen LogP contribution in [0.15, 0.2) is 18.2 Å². The zero-order valence-electron chi connectivity index (χ0n) is 24.2. The Hall–Kier alpha value is -1.22. The van der Waals surface area contributed by atoms with Crippen molar-refractivity contribution in [2.45, 2.75) is 127 Å². The molecule has 2 N–H and O–H groups in total. The second-order valence-corrected chi connectivity index (χ2v) is 14.9. The quantitative estimate of drug-likeness (QED) is 0.165. The maximum Gasteiger partial charge on any atom is 0.453 e. The van der Waals surface area contributed by atoms with Gasteiger partial charge in [-0.1, -0.05) is 51.5 Å². The fourth-order valence-electron chi connectivity index (χ4n) is 8.28. The fourth-order valence-corrected chi connectivity index (χ4v) is 9.48. The van der Waals surface area contributed by atoms with Crippen molar-refractivity contribution >= 4 is 10.8 Å². The predicted octanol–water partition coefficient (Wildman–Crippen LogP) is 8.68. The van der Waals surface area contributed by atoms with Crippen molar-refractivity contribution < 1.29 is 36.4 Å². The Labute approximate surface area is 244 Å². The van der Waals surface area contributed by atoms with Crippen LogP contribution in [0.4, 0.5) is 22.0 Å². The van der Waals surface area contributed by atoms with Gasteiger partial charge in [0.05, 0.1) is 6.10 Å². The van der Waals surface area contributed by atoms with E-state index in [0.717, 1.165) is 77.0 Å². The highest BCUT2D eigenvalue weighted by Crippen LogP contribution is 2.62. The molecule has 7 atom stereocenters. The normalized spacial score (nSPS) is 30.5. The number of hydrogen-bond acceptors (Lipinski definition) is 3. The lowest BCUT2D eigenvalue weighted by atomic mass is 9.52. The predicted molar refractivity (Wildman–Crippen MR) is 153 cm³/mol. The van der Waals surface area contributed by atoms with Gasteiger partial charge in [-0.2, -0.15) is 22.0 Å². The molecular formula is C32H47F5O3S. The van der Waals surface area contributed by atoms with E-state index in [9.17, 15) is 36.4 Å². The van der Waals surface area contributed by atoms with Gasteiger partial charge >= 0.3 is 12.1 Å². The van der Waals surface area contributed by atoms with E-state index in [0.29, 0.717) is 41.6 Å². The summed E-state index contributed by atoms with van der Waals surface area (Å²) in [7, 11) is -1.35. The number of phenolic OH excluding ortho intramolecular Hbond substituents is 1. The highest BCUT2D eigenvalue weighted by molar-refractivity contribution is 7.84. The Morgan fingerprint density at radius 2 is 1.59 bits per heavy atom. The van der Waals surface area contributed by atoms with Crippen LogP contribution in [0.25, 0.3) is 0 Å². The van der Waals surface area contributed by atoms with Crippen molar-refractivity contribution in [2.75, 3.05) is 11.5 Å². The maximum absolute atomic E-state index is 13.0. The first-order valence-electron chi connectivity index (χ1n) is 15.6. The Morgan fingerprint density at radius 3 is 2.29 bits per heavy atom. The molecule has 0 aromatic heterocycles. The van der Waals surface area contributed by atoms with Gasteiger partial charge in [-0.05, 0) is 104 Å². The van der Waals surface area contributed by atoms with Gasteiger partial charge in [0.1, 0.15) is 5.75 Å². The van der Waals surface area contributed by atoms with E-state index in [2.05, 4.69) is 13.0 Å². The second-order valence-electron chi connectivity index (χ2n) is 13.2. The van der Waals surface area contributed by atoms with Crippen LogP contribution in [0.3, 0.4) is 0 Å². The molecule has 1 aromatic rings. The summed E-state index contributed by atoms with van der Waals surface area (Å²) in [5, 5.41) is 21.0. The smallest absolute Gasteiger partial charge is 0.453 e. The molecule has 0 heterocycles. The number of alkyl halides is 5. The molecule has 0 amide bonds. The van der Waals surface area contributed by atoms with E-state index in [-0.39, 0.29) is 17.3 Å². The number of rotatable bonds is 14. The van der Waals surface area contributed by atoms with Crippen LogP contribution in [0, 0.1) is 23.2 Å². The third-order valence-electron chi connectivity index (χ3n) is 10.6. The second kappa shape index (κ2) is 13.6. The lowest BCUT2D eigenvalue weighted by Gasteiger charge is -2.53. The molecule has 0 aliphatic heterocycles. The molecule has 2 saturated carbocycles. The summed E-state index contributed by atoms with van der Waals surface area (Å²) in [6.07, 6.45) is 5.97. The number of aliphatic hydroxyl groups excluding tert-OH is 1. The van der Waals surface area contributed by atoms with E-state index in [1.807, 2.05) is 12.1 Å². The third kappa shape index (κ3) is 7.66. The van der Waals surface area contributed by atoms with Crippen LogP contribution in [-0.2, 0) is 17.2 Å². The number of benzene rings is 1. The van der Waals surface area contributed by atoms with Crippen LogP contribution in [0.5, 0.6) is 5.75 Å². The fraction of sp³-hybridized carbons (Fsp3) is 0.812. The van der Waals surface area contributed by atoms with E-state index in [1.165, 1.54) is 11.1 Å². The van der Waals surface area contributed by atoms with Crippen LogP contribution >= 0.6 is 0 Å². The van der Waals surface area contributed by atoms with Crippen LogP contribution in [-0.4, -0.2) is 44.1 Å². The summed E-state index contributed by atoms with van der Waals surface area (Å²) in [6, 6.07) is 5.92. The Balaban J connectivity index is 1.15. The average Bonchev–Trinajstić information content (AvgIpc) is 3.20. The van der Waals surface area contributed by atoms with Gasteiger partial charge in [-0.15, -0.1) is 0 Å². The minimum atomic E-state index is -5.54. The van der Waals surface area contributed by atoms with Gasteiger partial charge in [0.15, 0.2) is 0 Å². The van der Waals surface area contributed by atoms with Gasteiger partial charge in [-0.25, -0.2) is 0 Å². The van der Waals surface area contributed by atoms with Crippen LogP contribution < -0.4 is 0 Å². The monoisotopic (exact) mass is 606 g/mol. The Kier molecular flexibility index (Phi) is 10.8. The van der Waals surface area contributed by atoms with Crippen LogP contribution in [0.1, 0.15) is 114 Å². The number of fused-ring (bicyclic) bond motifs is 5. The van der Waals surface area contributed by atoms with Crippen molar-refractivity contribution in [2.24, 2.45) is 23.2 Å². The topological polar surface area (TPSA) is 57.5 Å². The first-order valence-corrected chi connectivity index (χ1v) is 17.1. The molecule has 2 fully saturated rings. The number of phenols is 1. The number of halogens is 5. The zero-order chi connectivity index (χ0) is 29.8. The molecule has 4 rings (SSSR count). The molecule has 0 spiro atoms. The van der Waals surface area contributed by atoms with E-state index in [4.69, 9.17) is 0 Å². The molecule has 0 bridgehead atoms. The van der Waals surface area contributed by atoms with E-state index < -0.39 is 35.7 Å². The van der Waals surface area contributed by atoms with Gasteiger partial charge < -0.3 is 10.2 Å². The first-order chi connectivity index (χ1) is 19.3. The highest BCUT2D eigenvalue weighted by Gasteiger charge is 2.57. The number of hydrogen-bond donors (Lipinski definition) is 2. The average molecular weight is 607 g/mol. The lowest BCUT2D eigenvalue weighted by Crippen LogP contribution is -2.47. The molecule has 3 nitrogen and oxygen atoms in total. The van der Waals surface area contributed by atoms with Gasteiger partial charge in [-0.3, -0.25) is 4.21 Å². The minimum absolute atomic E-state index is 0.0195. The number of unbranched alkanes of at least 4 members (excludes halogenated alkanes) is 6. The van der Waals surface area contributed by atoms with Crippen molar-refractivity contribution in [3.63, 3.8) is 0 Å². The van der Waals surface area contributed by atoms with E-state index in [1.54, 1.807) is 0 Å². The van der Waals surface area contributed by atoms with Crippen LogP contribution in [0.2, 0.25) is 0 Å². The molecule has 3 aliphatic rings. The van der Waals surface area contributed by atoms with Gasteiger partial charge in [0.25, 0.3) is 0 Å². The van der Waals surface area contributed by atoms with Gasteiger partial charge in [0.2, 0.25) is 0 Å². The molecule has 41 heavy (non-hydrogen) atoms. The molecule has 3 aliphatic carbocycles. The SMILES string of the molecule is C[C@]12CC[C@H]3c4ccc(O)cc4C[C@H](CCCCCCCCCS(=O)CCCC(F)(F)C(F)(F)F)[C@@H]3[C@H]1CC[C@H]2O. The Bertz CT molecular complexity index is 1030. The van der Waals surface area contributed by atoms with E-state index >= 15 is 0 Å². The van der Waals surface area contributed by atoms with Gasteiger partial charge in [0, 0.05) is 28.7 Å². The summed E-state index contributed by atoms with van der Waals surface area (Å²) in [6.45, 7) is 2.30. The van der Waals surface area contributed by atoms with Crippen molar-refractivity contribution in [1.29, 1.82) is 0 Å². The largest absolute Gasteiger partial charge is 0.508 e. The number of aromatic hydroxyl groups is 1. The summed E-state index contributed by atoms with van der Waals surface area (Å²) >= 11 is 0. The molecule has 9 heteroatoms. The summed E-state index contributed by atoms with van der Waals surface area (Å²) in [5.41, 5.74) is 2.73. The lowest BCUT2D eigenvalue weighted by molar-refractivity contribution is -0.284. The standard InChI is InChI=1S/C32H47F5O3S/c1-30-17-15-26-25-12-11-24(38)21-23(25)20-22(29(26)27(30)13-14-28(30)39)10-7-5-3-2-4-6-8-18-41(40)19-9-16-31(33,34)32(35,36)37/h11-12,21-22,26-29,38-39H,2-10,13-20H2,1H3/t22-,26-,27+,28+,29-,30-,41?/m0/s1. The number of aliphatic hydroxyl groups is 1. The summed E-state index contributed by atoms with van der Waals surface area (Å²) in [4.78, 5) is 0. The first kappa shape index (κ1) is 32.7. The molecule has 234 valence electrons. The molecule has 1 aromatic carbocycles. The molecule has 0 saturated heterocycles. The minimum Gasteiger partial charge on any atom is -0.508 e. The van der Waals surface area contributed by atoms with Crippen molar-refractivity contribution in [3.8, 4) is 5.75 Å². The molecule has 0 radical (unpaired) electrons. The molecule has 1 unspecified atom stereocenters. The highest BCUT2D eigenvalue weighted by atomic mass is 32.2. The third-order valence-corrected chi connectivity index (χ3v) is 12.0. The van der Waals surface area contributed by atoms with Crippen molar-refractivity contribution in [3.05, 3.63) is 29.3 Å². The zero-order valence-corrected chi connectivity index (χ0v) is 25.1. The van der Waals surface area contributed by atoms with Crippen molar-refractivity contribution in [1.82, 2.24) is 0 Å². The Morgan fingerprint density at radius 1 is 0.927 bits per heavy atom. The molecular weight excluding hydrogens is 559 g/mol. The maximum atomic E-state index is 13.0.